The highest BCUT2D eigenvalue weighted by Gasteiger charge is 2.68. The molecular formula is C19H23N3O4. The lowest BCUT2D eigenvalue weighted by Gasteiger charge is -2.55. The molecule has 0 unspecified atom stereocenters. The van der Waals surface area contributed by atoms with Crippen molar-refractivity contribution in [3.05, 3.63) is 34.4 Å². The number of benzene rings is 1. The molecule has 1 aliphatic heterocycles. The number of Topliss-reactive ketones (excluding diaryl/α,β-unsaturated/α-hetero) is 1. The second-order valence-electron chi connectivity index (χ2n) is 8.49. The summed E-state index contributed by atoms with van der Waals surface area (Å²) in [4.78, 5) is 36.3. The van der Waals surface area contributed by atoms with Crippen LogP contribution in [0.25, 0.3) is 0 Å². The molecule has 0 atom stereocenters. The van der Waals surface area contributed by atoms with E-state index < -0.39 is 21.2 Å². The van der Waals surface area contributed by atoms with Crippen LogP contribution < -0.4 is 5.01 Å². The molecule has 0 N–H and O–H groups in total. The van der Waals surface area contributed by atoms with E-state index in [1.54, 1.807) is 0 Å². The van der Waals surface area contributed by atoms with E-state index >= 15 is 0 Å². The Morgan fingerprint density at radius 2 is 1.54 bits per heavy atom. The summed E-state index contributed by atoms with van der Waals surface area (Å²) < 4.78 is 0. The van der Waals surface area contributed by atoms with Gasteiger partial charge in [-0.3, -0.25) is 19.7 Å². The number of ketones is 1. The third kappa shape index (κ3) is 2.22. The first kappa shape index (κ1) is 18.2. The molecule has 1 spiro atoms. The second kappa shape index (κ2) is 5.46. The van der Waals surface area contributed by atoms with Gasteiger partial charge in [0.15, 0.2) is 0 Å². The summed E-state index contributed by atoms with van der Waals surface area (Å²) in [5.41, 5.74) is -0.920. The van der Waals surface area contributed by atoms with Crippen molar-refractivity contribution in [1.29, 1.82) is 0 Å². The summed E-state index contributed by atoms with van der Waals surface area (Å²) in [6.45, 7) is 9.62. The molecule has 1 aromatic rings. The van der Waals surface area contributed by atoms with Crippen molar-refractivity contribution in [3.8, 4) is 0 Å². The maximum atomic E-state index is 13.6. The van der Waals surface area contributed by atoms with Crippen LogP contribution in [-0.2, 0) is 9.59 Å². The van der Waals surface area contributed by atoms with Gasteiger partial charge in [-0.05, 0) is 29.9 Å². The van der Waals surface area contributed by atoms with Crippen molar-refractivity contribution in [3.63, 3.8) is 0 Å². The first-order valence-electron chi connectivity index (χ1n) is 8.60. The SMILES string of the molecule is CC1=NN(c2ccc([N+](=O)[O-])cc2)C(=O)C12C(C)(C)CC(=O)CC2(C)C. The fraction of sp³-hybridized carbons (Fsp3) is 0.526. The van der Waals surface area contributed by atoms with Gasteiger partial charge in [0.1, 0.15) is 11.2 Å². The number of amides is 1. The number of nitro benzene ring substituents is 1. The van der Waals surface area contributed by atoms with Gasteiger partial charge in [-0.2, -0.15) is 10.1 Å². The first-order valence-corrected chi connectivity index (χ1v) is 8.60. The Morgan fingerprint density at radius 1 is 1.04 bits per heavy atom. The molecule has 3 rings (SSSR count). The molecule has 0 bridgehead atoms. The number of rotatable bonds is 2. The Balaban J connectivity index is 2.09. The van der Waals surface area contributed by atoms with Crippen LogP contribution in [0.15, 0.2) is 29.4 Å². The van der Waals surface area contributed by atoms with Gasteiger partial charge >= 0.3 is 0 Å². The van der Waals surface area contributed by atoms with Crippen molar-refractivity contribution in [1.82, 2.24) is 0 Å². The number of carbonyl (C=O) groups is 2. The number of hydrogen-bond donors (Lipinski definition) is 0. The monoisotopic (exact) mass is 357 g/mol. The zero-order valence-electron chi connectivity index (χ0n) is 15.7. The zero-order valence-corrected chi connectivity index (χ0v) is 15.7. The molecule has 1 amide bonds. The fourth-order valence-electron chi connectivity index (χ4n) is 5.26. The van der Waals surface area contributed by atoms with E-state index in [1.165, 1.54) is 29.3 Å². The number of carbonyl (C=O) groups excluding carboxylic acids is 2. The molecule has 7 heteroatoms. The van der Waals surface area contributed by atoms with Gasteiger partial charge < -0.3 is 0 Å². The van der Waals surface area contributed by atoms with E-state index in [9.17, 15) is 19.7 Å². The van der Waals surface area contributed by atoms with E-state index in [0.717, 1.165) is 0 Å². The highest BCUT2D eigenvalue weighted by atomic mass is 16.6. The Kier molecular flexibility index (Phi) is 3.83. The Bertz CT molecular complexity index is 817. The predicted octanol–water partition coefficient (Wildman–Crippen LogP) is 3.72. The van der Waals surface area contributed by atoms with E-state index in [4.69, 9.17) is 0 Å². The molecule has 1 heterocycles. The molecule has 26 heavy (non-hydrogen) atoms. The quantitative estimate of drug-likeness (QED) is 0.595. The molecule has 7 nitrogen and oxygen atoms in total. The molecule has 138 valence electrons. The van der Waals surface area contributed by atoms with Crippen LogP contribution >= 0.6 is 0 Å². The lowest BCUT2D eigenvalue weighted by molar-refractivity contribution is -0.384. The van der Waals surface area contributed by atoms with Crippen LogP contribution in [0.5, 0.6) is 0 Å². The van der Waals surface area contributed by atoms with E-state index in [0.29, 0.717) is 24.2 Å². The minimum Gasteiger partial charge on any atom is -0.300 e. The van der Waals surface area contributed by atoms with Gasteiger partial charge in [0.2, 0.25) is 0 Å². The third-order valence-corrected chi connectivity index (χ3v) is 5.92. The molecule has 0 radical (unpaired) electrons. The van der Waals surface area contributed by atoms with Crippen LogP contribution in [0, 0.1) is 26.4 Å². The number of hydrazone groups is 1. The maximum Gasteiger partial charge on any atom is 0.269 e. The number of hydrogen-bond acceptors (Lipinski definition) is 5. The van der Waals surface area contributed by atoms with E-state index in [2.05, 4.69) is 5.10 Å². The highest BCUT2D eigenvalue weighted by molar-refractivity contribution is 6.20. The molecule has 1 fully saturated rings. The Morgan fingerprint density at radius 3 is 2.00 bits per heavy atom. The lowest BCUT2D eigenvalue weighted by atomic mass is 9.45. The maximum absolute atomic E-state index is 13.6. The smallest absolute Gasteiger partial charge is 0.269 e. The predicted molar refractivity (Wildman–Crippen MR) is 97.9 cm³/mol. The van der Waals surface area contributed by atoms with Crippen LogP contribution in [0.4, 0.5) is 11.4 Å². The number of non-ortho nitro benzene ring substituents is 1. The highest BCUT2D eigenvalue weighted by Crippen LogP contribution is 2.62. The van der Waals surface area contributed by atoms with E-state index in [1.807, 2.05) is 34.6 Å². The van der Waals surface area contributed by atoms with Crippen molar-refractivity contribution in [2.24, 2.45) is 21.3 Å². The normalized spacial score (nSPS) is 23.3. The third-order valence-electron chi connectivity index (χ3n) is 5.92. The molecule has 0 saturated heterocycles. The minimum atomic E-state index is -0.893. The van der Waals surface area contributed by atoms with Crippen LogP contribution in [-0.4, -0.2) is 22.3 Å². The topological polar surface area (TPSA) is 92.9 Å². The van der Waals surface area contributed by atoms with Crippen LogP contribution in [0.2, 0.25) is 0 Å². The Hall–Kier alpha value is -2.57. The van der Waals surface area contributed by atoms with Crippen molar-refractivity contribution in [2.45, 2.75) is 47.5 Å². The number of anilines is 1. The molecule has 2 aliphatic rings. The summed E-state index contributed by atoms with van der Waals surface area (Å²) in [6, 6.07) is 5.78. The van der Waals surface area contributed by atoms with Gasteiger partial charge in [-0.1, -0.05) is 27.7 Å². The average Bonchev–Trinajstić information content (AvgIpc) is 2.77. The van der Waals surface area contributed by atoms with Crippen LogP contribution in [0.1, 0.15) is 47.5 Å². The fourth-order valence-corrected chi connectivity index (χ4v) is 5.26. The van der Waals surface area contributed by atoms with Gasteiger partial charge in [0, 0.05) is 25.0 Å². The molecule has 0 aromatic heterocycles. The average molecular weight is 357 g/mol. The van der Waals surface area contributed by atoms with Gasteiger partial charge in [-0.15, -0.1) is 0 Å². The molecular weight excluding hydrogens is 334 g/mol. The summed E-state index contributed by atoms with van der Waals surface area (Å²) in [6.07, 6.45) is 0.645. The van der Waals surface area contributed by atoms with Gasteiger partial charge in [0.05, 0.1) is 16.3 Å². The summed E-state index contributed by atoms with van der Waals surface area (Å²) in [5, 5.41) is 16.7. The Labute approximate surface area is 152 Å². The molecule has 1 aromatic carbocycles. The minimum absolute atomic E-state index is 0.0419. The van der Waals surface area contributed by atoms with Crippen molar-refractivity contribution in [2.75, 3.05) is 5.01 Å². The van der Waals surface area contributed by atoms with Gasteiger partial charge in [0.25, 0.3) is 11.6 Å². The van der Waals surface area contributed by atoms with Crippen molar-refractivity contribution >= 4 is 28.8 Å². The lowest BCUT2D eigenvalue weighted by Crippen LogP contribution is -2.62. The molecule has 1 saturated carbocycles. The van der Waals surface area contributed by atoms with Gasteiger partial charge in [-0.25, -0.2) is 0 Å². The largest absolute Gasteiger partial charge is 0.300 e. The second-order valence-corrected chi connectivity index (χ2v) is 8.49. The first-order chi connectivity index (χ1) is 11.9. The van der Waals surface area contributed by atoms with Crippen LogP contribution in [0.3, 0.4) is 0 Å². The van der Waals surface area contributed by atoms with E-state index in [-0.39, 0.29) is 17.4 Å². The summed E-state index contributed by atoms with van der Waals surface area (Å²) >= 11 is 0. The summed E-state index contributed by atoms with van der Waals surface area (Å²) in [5.74, 6) is -0.0219. The standard InChI is InChI=1S/C19H23N3O4/c1-12-19(17(2,3)10-15(23)11-18(19,4)5)16(24)21(20-12)13-6-8-14(9-7-13)22(25)26/h6-9H,10-11H2,1-5H3. The summed E-state index contributed by atoms with van der Waals surface area (Å²) in [7, 11) is 0. The van der Waals surface area contributed by atoms with Crippen molar-refractivity contribution < 1.29 is 14.5 Å². The number of nitrogens with zero attached hydrogens (tertiary/aromatic N) is 3. The molecule has 1 aliphatic carbocycles. The number of nitro groups is 1. The zero-order chi connectivity index (χ0) is 19.5.